The van der Waals surface area contributed by atoms with Crippen LogP contribution in [0.4, 0.5) is 5.69 Å². The van der Waals surface area contributed by atoms with Crippen molar-refractivity contribution in [3.63, 3.8) is 0 Å². The zero-order valence-corrected chi connectivity index (χ0v) is 13.3. The van der Waals surface area contributed by atoms with Crippen LogP contribution >= 0.6 is 15.9 Å². The quantitative estimate of drug-likeness (QED) is 0.667. The monoisotopic (exact) mass is 331 g/mol. The molecular formula is C17H18BrNO. The Hall–Kier alpha value is -1.61. The highest BCUT2D eigenvalue weighted by molar-refractivity contribution is 9.10. The summed E-state index contributed by atoms with van der Waals surface area (Å²) in [5.41, 5.74) is 10.2. The number of carbonyl (C=O) groups excluding carboxylic acids is 1. The second-order valence-electron chi connectivity index (χ2n) is 4.76. The number of hydrogen-bond acceptors (Lipinski definition) is 2. The molecule has 2 nitrogen and oxygen atoms in total. The minimum Gasteiger partial charge on any atom is -0.399 e. The van der Waals surface area contributed by atoms with Crippen LogP contribution in [-0.2, 0) is 12.8 Å². The molecular weight excluding hydrogens is 314 g/mol. The SMILES string of the molecule is CCc1ccc(C(=O)c2cc(N)ccc2Br)cc1CC. The third-order valence-corrected chi connectivity index (χ3v) is 4.16. The number of anilines is 1. The molecule has 104 valence electrons. The molecule has 0 bridgehead atoms. The van der Waals surface area contributed by atoms with Gasteiger partial charge in [0.15, 0.2) is 5.78 Å². The highest BCUT2D eigenvalue weighted by atomic mass is 79.9. The first kappa shape index (κ1) is 14.8. The van der Waals surface area contributed by atoms with Crippen LogP contribution in [-0.4, -0.2) is 5.78 Å². The third-order valence-electron chi connectivity index (χ3n) is 3.47. The molecule has 0 heterocycles. The summed E-state index contributed by atoms with van der Waals surface area (Å²) < 4.78 is 0.773. The smallest absolute Gasteiger partial charge is 0.194 e. The van der Waals surface area contributed by atoms with Crippen molar-refractivity contribution in [2.45, 2.75) is 26.7 Å². The van der Waals surface area contributed by atoms with Gasteiger partial charge in [-0.05, 0) is 48.2 Å². The van der Waals surface area contributed by atoms with Crippen molar-refractivity contribution >= 4 is 27.4 Å². The van der Waals surface area contributed by atoms with Crippen LogP contribution in [0, 0.1) is 0 Å². The first-order valence-electron chi connectivity index (χ1n) is 6.78. The molecule has 0 saturated carbocycles. The molecule has 0 saturated heterocycles. The topological polar surface area (TPSA) is 43.1 Å². The number of nitrogen functional groups attached to an aromatic ring is 1. The van der Waals surface area contributed by atoms with Gasteiger partial charge in [0.1, 0.15) is 0 Å². The number of carbonyl (C=O) groups is 1. The standard InChI is InChI=1S/C17H18BrNO/c1-3-11-5-6-13(9-12(11)4-2)17(20)15-10-14(19)7-8-16(15)18/h5-10H,3-4,19H2,1-2H3. The lowest BCUT2D eigenvalue weighted by Crippen LogP contribution is -2.05. The van der Waals surface area contributed by atoms with Crippen molar-refractivity contribution in [3.05, 3.63) is 63.1 Å². The first-order valence-corrected chi connectivity index (χ1v) is 7.57. The molecule has 0 aliphatic heterocycles. The lowest BCUT2D eigenvalue weighted by Gasteiger charge is -2.10. The van der Waals surface area contributed by atoms with E-state index in [-0.39, 0.29) is 5.78 Å². The summed E-state index contributed by atoms with van der Waals surface area (Å²) in [7, 11) is 0. The van der Waals surface area contributed by atoms with Crippen LogP contribution in [0.1, 0.15) is 40.9 Å². The Kier molecular flexibility index (Phi) is 4.61. The van der Waals surface area contributed by atoms with Crippen LogP contribution < -0.4 is 5.73 Å². The van der Waals surface area contributed by atoms with E-state index in [1.54, 1.807) is 12.1 Å². The van der Waals surface area contributed by atoms with Crippen LogP contribution in [0.25, 0.3) is 0 Å². The average Bonchev–Trinajstić information content (AvgIpc) is 2.48. The summed E-state index contributed by atoms with van der Waals surface area (Å²) in [5, 5.41) is 0. The van der Waals surface area contributed by atoms with Crippen LogP contribution in [0.2, 0.25) is 0 Å². The van der Waals surface area contributed by atoms with Gasteiger partial charge in [0.2, 0.25) is 0 Å². The van der Waals surface area contributed by atoms with E-state index in [9.17, 15) is 4.79 Å². The zero-order chi connectivity index (χ0) is 14.7. The minimum atomic E-state index is 0.00141. The van der Waals surface area contributed by atoms with Gasteiger partial charge in [0, 0.05) is 21.3 Å². The Labute approximate surface area is 128 Å². The highest BCUT2D eigenvalue weighted by Gasteiger charge is 2.14. The number of benzene rings is 2. The second-order valence-corrected chi connectivity index (χ2v) is 5.61. The first-order chi connectivity index (χ1) is 9.56. The van der Waals surface area contributed by atoms with Gasteiger partial charge in [-0.15, -0.1) is 0 Å². The van der Waals surface area contributed by atoms with E-state index in [0.717, 1.165) is 17.3 Å². The second kappa shape index (κ2) is 6.23. The van der Waals surface area contributed by atoms with E-state index >= 15 is 0 Å². The molecule has 2 aromatic carbocycles. The summed E-state index contributed by atoms with van der Waals surface area (Å²) >= 11 is 3.42. The van der Waals surface area contributed by atoms with Gasteiger partial charge in [0.05, 0.1) is 0 Å². The van der Waals surface area contributed by atoms with Gasteiger partial charge in [-0.1, -0.05) is 41.9 Å². The molecule has 0 radical (unpaired) electrons. The van der Waals surface area contributed by atoms with E-state index in [2.05, 4.69) is 29.8 Å². The number of rotatable bonds is 4. The van der Waals surface area contributed by atoms with Gasteiger partial charge < -0.3 is 5.73 Å². The molecule has 0 spiro atoms. The molecule has 2 N–H and O–H groups in total. The van der Waals surface area contributed by atoms with E-state index in [1.165, 1.54) is 11.1 Å². The van der Waals surface area contributed by atoms with Crippen molar-refractivity contribution in [2.75, 3.05) is 5.73 Å². The van der Waals surface area contributed by atoms with E-state index in [0.29, 0.717) is 16.8 Å². The lowest BCUT2D eigenvalue weighted by molar-refractivity contribution is 0.103. The lowest BCUT2D eigenvalue weighted by atomic mass is 9.96. The third kappa shape index (κ3) is 2.93. The molecule has 0 fully saturated rings. The fourth-order valence-electron chi connectivity index (χ4n) is 2.31. The molecule has 0 aromatic heterocycles. The molecule has 20 heavy (non-hydrogen) atoms. The molecule has 3 heteroatoms. The highest BCUT2D eigenvalue weighted by Crippen LogP contribution is 2.24. The number of ketones is 1. The van der Waals surface area contributed by atoms with Crippen LogP contribution in [0.3, 0.4) is 0 Å². The predicted octanol–water partition coefficient (Wildman–Crippen LogP) is 4.39. The summed E-state index contributed by atoms with van der Waals surface area (Å²) in [6.07, 6.45) is 1.92. The van der Waals surface area contributed by atoms with Crippen molar-refractivity contribution in [3.8, 4) is 0 Å². The minimum absolute atomic E-state index is 0.00141. The van der Waals surface area contributed by atoms with Crippen molar-refractivity contribution in [1.29, 1.82) is 0 Å². The van der Waals surface area contributed by atoms with Gasteiger partial charge >= 0.3 is 0 Å². The summed E-state index contributed by atoms with van der Waals surface area (Å²) in [6, 6.07) is 11.2. The zero-order valence-electron chi connectivity index (χ0n) is 11.7. The van der Waals surface area contributed by atoms with Crippen molar-refractivity contribution < 1.29 is 4.79 Å². The van der Waals surface area contributed by atoms with Crippen molar-refractivity contribution in [2.24, 2.45) is 0 Å². The number of aryl methyl sites for hydroxylation is 2. The number of hydrogen-bond donors (Lipinski definition) is 1. The average molecular weight is 332 g/mol. The van der Waals surface area contributed by atoms with Crippen molar-refractivity contribution in [1.82, 2.24) is 0 Å². The predicted molar refractivity (Wildman–Crippen MR) is 87.2 cm³/mol. The summed E-state index contributed by atoms with van der Waals surface area (Å²) in [6.45, 7) is 4.24. The molecule has 0 unspecified atom stereocenters. The molecule has 0 aliphatic carbocycles. The van der Waals surface area contributed by atoms with Crippen LogP contribution in [0.15, 0.2) is 40.9 Å². The van der Waals surface area contributed by atoms with E-state index < -0.39 is 0 Å². The fraction of sp³-hybridized carbons (Fsp3) is 0.235. The molecule has 0 aliphatic rings. The maximum atomic E-state index is 12.6. The van der Waals surface area contributed by atoms with Gasteiger partial charge in [-0.3, -0.25) is 4.79 Å². The Morgan fingerprint density at radius 1 is 1.05 bits per heavy atom. The van der Waals surface area contributed by atoms with E-state index in [4.69, 9.17) is 5.73 Å². The Morgan fingerprint density at radius 2 is 1.75 bits per heavy atom. The fourth-order valence-corrected chi connectivity index (χ4v) is 2.74. The molecule has 0 atom stereocenters. The van der Waals surface area contributed by atoms with Gasteiger partial charge in [-0.25, -0.2) is 0 Å². The Morgan fingerprint density at radius 3 is 2.40 bits per heavy atom. The van der Waals surface area contributed by atoms with Gasteiger partial charge in [-0.2, -0.15) is 0 Å². The summed E-state index contributed by atoms with van der Waals surface area (Å²) in [4.78, 5) is 12.6. The number of nitrogens with two attached hydrogens (primary N) is 1. The maximum absolute atomic E-state index is 12.6. The van der Waals surface area contributed by atoms with E-state index in [1.807, 2.05) is 24.3 Å². The maximum Gasteiger partial charge on any atom is 0.194 e. The van der Waals surface area contributed by atoms with Gasteiger partial charge in [0.25, 0.3) is 0 Å². The Bertz CT molecular complexity index is 649. The largest absolute Gasteiger partial charge is 0.399 e. The molecule has 2 aromatic rings. The number of halogens is 1. The molecule has 0 amide bonds. The normalized spacial score (nSPS) is 10.6. The molecule has 2 rings (SSSR count). The van der Waals surface area contributed by atoms with Crippen LogP contribution in [0.5, 0.6) is 0 Å². The summed E-state index contributed by atoms with van der Waals surface area (Å²) in [5.74, 6) is 0.00141. The Balaban J connectivity index is 2.45.